The van der Waals surface area contributed by atoms with Gasteiger partial charge in [0.2, 0.25) is 0 Å². The quantitative estimate of drug-likeness (QED) is 0.544. The highest BCUT2D eigenvalue weighted by Gasteiger charge is 2.45. The van der Waals surface area contributed by atoms with Gasteiger partial charge in [-0.25, -0.2) is 0 Å². The third-order valence-corrected chi connectivity index (χ3v) is 3.82. The van der Waals surface area contributed by atoms with Gasteiger partial charge >= 0.3 is 0 Å². The van der Waals surface area contributed by atoms with E-state index in [0.29, 0.717) is 19.6 Å². The molecule has 19 heavy (non-hydrogen) atoms. The molecule has 1 saturated heterocycles. The Labute approximate surface area is 114 Å². The van der Waals surface area contributed by atoms with Crippen LogP contribution in [-0.4, -0.2) is 48.3 Å². The highest BCUT2D eigenvalue weighted by molar-refractivity contribution is 5.55. The maximum absolute atomic E-state index is 11.0. The van der Waals surface area contributed by atoms with E-state index in [1.807, 2.05) is 13.8 Å². The van der Waals surface area contributed by atoms with Gasteiger partial charge in [0.1, 0.15) is 13.1 Å². The van der Waals surface area contributed by atoms with Crippen molar-refractivity contribution in [2.24, 2.45) is 23.7 Å². The molecule has 0 aromatic heterocycles. The van der Waals surface area contributed by atoms with Crippen LogP contribution in [0.25, 0.3) is 0 Å². The summed E-state index contributed by atoms with van der Waals surface area (Å²) < 4.78 is 10.5. The summed E-state index contributed by atoms with van der Waals surface area (Å²) in [5.74, 6) is -0.135. The number of hydrogen-bond donors (Lipinski definition) is 2. The largest absolute Gasteiger partial charge is 0.412 e. The molecule has 2 fully saturated rings. The average Bonchev–Trinajstić information content (AvgIpc) is 2.69. The van der Waals surface area contributed by atoms with E-state index in [0.717, 1.165) is 12.7 Å². The normalized spacial score (nSPS) is 34.2. The molecule has 0 aromatic rings. The Hall–Kier alpha value is -0.530. The summed E-state index contributed by atoms with van der Waals surface area (Å²) in [6.07, 6.45) is 0.906. The SMILES string of the molecule is CC.O.O=CC1CC(C(O)O)C2COCOCCC12. The molecule has 2 aliphatic rings. The summed E-state index contributed by atoms with van der Waals surface area (Å²) in [6, 6.07) is 0. The lowest BCUT2D eigenvalue weighted by molar-refractivity contribution is -0.133. The summed E-state index contributed by atoms with van der Waals surface area (Å²) >= 11 is 0. The molecule has 1 aliphatic carbocycles. The van der Waals surface area contributed by atoms with Crippen molar-refractivity contribution in [1.29, 1.82) is 0 Å². The second-order valence-electron chi connectivity index (χ2n) is 4.63. The van der Waals surface area contributed by atoms with Crippen LogP contribution in [0.1, 0.15) is 26.7 Å². The highest BCUT2D eigenvalue weighted by Crippen LogP contribution is 2.44. The van der Waals surface area contributed by atoms with Gasteiger partial charge in [0.15, 0.2) is 6.29 Å². The molecule has 114 valence electrons. The molecule has 0 radical (unpaired) electrons. The average molecular weight is 278 g/mol. The monoisotopic (exact) mass is 278 g/mol. The molecule has 4 unspecified atom stereocenters. The lowest BCUT2D eigenvalue weighted by Crippen LogP contribution is -2.32. The summed E-state index contributed by atoms with van der Waals surface area (Å²) in [5.41, 5.74) is 0. The predicted octanol–water partition coefficient (Wildman–Crippen LogP) is -0.0396. The first kappa shape index (κ1) is 18.5. The van der Waals surface area contributed by atoms with Crippen LogP contribution in [0.5, 0.6) is 0 Å². The van der Waals surface area contributed by atoms with Gasteiger partial charge in [-0.1, -0.05) is 13.8 Å². The number of rotatable bonds is 2. The van der Waals surface area contributed by atoms with E-state index < -0.39 is 6.29 Å². The van der Waals surface area contributed by atoms with E-state index in [1.165, 1.54) is 0 Å². The van der Waals surface area contributed by atoms with E-state index >= 15 is 0 Å². The van der Waals surface area contributed by atoms with Gasteiger partial charge in [0.25, 0.3) is 0 Å². The fraction of sp³-hybridized carbons (Fsp3) is 0.923. The third kappa shape index (κ3) is 4.50. The van der Waals surface area contributed by atoms with Crippen molar-refractivity contribution in [2.75, 3.05) is 20.0 Å². The predicted molar refractivity (Wildman–Crippen MR) is 69.2 cm³/mol. The molecular weight excluding hydrogens is 252 g/mol. The molecule has 1 heterocycles. The number of ether oxygens (including phenoxy) is 2. The number of fused-ring (bicyclic) bond motifs is 1. The van der Waals surface area contributed by atoms with Crippen LogP contribution >= 0.6 is 0 Å². The fourth-order valence-corrected chi connectivity index (χ4v) is 2.99. The zero-order valence-electron chi connectivity index (χ0n) is 11.6. The van der Waals surface area contributed by atoms with E-state index in [2.05, 4.69) is 0 Å². The maximum Gasteiger partial charge on any atom is 0.154 e. The smallest absolute Gasteiger partial charge is 0.154 e. The molecule has 1 aliphatic heterocycles. The number of aliphatic hydroxyl groups excluding tert-OH is 1. The van der Waals surface area contributed by atoms with E-state index in [4.69, 9.17) is 9.47 Å². The van der Waals surface area contributed by atoms with Gasteiger partial charge in [-0.2, -0.15) is 0 Å². The van der Waals surface area contributed by atoms with Crippen LogP contribution in [0, 0.1) is 23.7 Å². The second-order valence-corrected chi connectivity index (χ2v) is 4.63. The van der Waals surface area contributed by atoms with Crippen molar-refractivity contribution < 1.29 is 30.0 Å². The summed E-state index contributed by atoms with van der Waals surface area (Å²) in [4.78, 5) is 11.0. The lowest BCUT2D eigenvalue weighted by Gasteiger charge is -2.28. The van der Waals surface area contributed by atoms with Crippen LogP contribution in [0.4, 0.5) is 0 Å². The van der Waals surface area contributed by atoms with Gasteiger partial charge < -0.3 is 30.0 Å². The number of carbonyl (C=O) groups is 1. The Bertz CT molecular complexity index is 245. The molecule has 6 nitrogen and oxygen atoms in total. The first-order chi connectivity index (χ1) is 8.74. The van der Waals surface area contributed by atoms with Crippen molar-refractivity contribution in [1.82, 2.24) is 0 Å². The minimum Gasteiger partial charge on any atom is -0.412 e. The molecule has 0 bridgehead atoms. The van der Waals surface area contributed by atoms with Crippen LogP contribution in [0.15, 0.2) is 0 Å². The first-order valence-corrected chi connectivity index (χ1v) is 6.71. The van der Waals surface area contributed by atoms with E-state index in [1.54, 1.807) is 0 Å². The minimum atomic E-state index is -1.36. The summed E-state index contributed by atoms with van der Waals surface area (Å²) in [6.45, 7) is 5.26. The zero-order chi connectivity index (χ0) is 13.5. The van der Waals surface area contributed by atoms with E-state index in [9.17, 15) is 15.0 Å². The van der Waals surface area contributed by atoms with Gasteiger partial charge in [0, 0.05) is 18.4 Å². The van der Waals surface area contributed by atoms with Gasteiger partial charge in [-0.15, -0.1) is 0 Å². The van der Waals surface area contributed by atoms with Gasteiger partial charge in [-0.05, 0) is 24.7 Å². The molecule has 0 amide bonds. The number of hydrogen-bond acceptors (Lipinski definition) is 5. The van der Waals surface area contributed by atoms with Crippen molar-refractivity contribution in [2.45, 2.75) is 33.0 Å². The number of aliphatic hydroxyl groups is 2. The van der Waals surface area contributed by atoms with Crippen molar-refractivity contribution in [3.8, 4) is 0 Å². The van der Waals surface area contributed by atoms with Crippen molar-refractivity contribution >= 4 is 6.29 Å². The van der Waals surface area contributed by atoms with Crippen LogP contribution in [-0.2, 0) is 14.3 Å². The summed E-state index contributed by atoms with van der Waals surface area (Å²) in [5, 5.41) is 18.6. The molecule has 4 atom stereocenters. The molecule has 1 saturated carbocycles. The Morgan fingerprint density at radius 3 is 2.47 bits per heavy atom. The molecule has 0 aromatic carbocycles. The topological polar surface area (TPSA) is 107 Å². The van der Waals surface area contributed by atoms with E-state index in [-0.39, 0.29) is 35.9 Å². The third-order valence-electron chi connectivity index (χ3n) is 3.82. The summed E-state index contributed by atoms with van der Waals surface area (Å²) in [7, 11) is 0. The Kier molecular flexibility index (Phi) is 9.12. The Morgan fingerprint density at radius 1 is 1.21 bits per heavy atom. The maximum atomic E-state index is 11.0. The van der Waals surface area contributed by atoms with Gasteiger partial charge in [0.05, 0.1) is 6.61 Å². The molecular formula is C13H26O6. The minimum absolute atomic E-state index is 0. The van der Waals surface area contributed by atoms with Crippen LogP contribution in [0.2, 0.25) is 0 Å². The Balaban J connectivity index is 0.00000103. The second kappa shape index (κ2) is 9.39. The lowest BCUT2D eigenvalue weighted by atomic mass is 9.85. The molecule has 6 heteroatoms. The molecule has 4 N–H and O–H groups in total. The fourth-order valence-electron chi connectivity index (χ4n) is 2.99. The van der Waals surface area contributed by atoms with Crippen LogP contribution < -0.4 is 0 Å². The van der Waals surface area contributed by atoms with Gasteiger partial charge in [-0.3, -0.25) is 0 Å². The Morgan fingerprint density at radius 2 is 1.89 bits per heavy atom. The van der Waals surface area contributed by atoms with Crippen LogP contribution in [0.3, 0.4) is 0 Å². The zero-order valence-corrected chi connectivity index (χ0v) is 11.6. The number of aldehydes is 1. The standard InChI is InChI=1S/C11H18O5.C2H6.H2O/c12-4-7-3-9(11(13)14)10-5-16-6-15-2-1-8(7)10;1-2;/h4,7-11,13-14H,1-3,5-6H2;1-2H3;1H2. The van der Waals surface area contributed by atoms with Crippen molar-refractivity contribution in [3.05, 3.63) is 0 Å². The first-order valence-electron chi connectivity index (χ1n) is 6.71. The van der Waals surface area contributed by atoms with Crippen molar-refractivity contribution in [3.63, 3.8) is 0 Å². The highest BCUT2D eigenvalue weighted by atomic mass is 16.7. The molecule has 2 rings (SSSR count). The molecule has 0 spiro atoms. The number of carbonyl (C=O) groups excluding carboxylic acids is 1.